The minimum atomic E-state index is -0.733. The summed E-state index contributed by atoms with van der Waals surface area (Å²) < 4.78 is 22.6. The van der Waals surface area contributed by atoms with Crippen LogP contribution in [0.5, 0.6) is 0 Å². The van der Waals surface area contributed by atoms with Crippen molar-refractivity contribution in [3.8, 4) is 5.69 Å². The number of pyridine rings is 2. The molecule has 4 aromatic rings. The average molecular weight is 544 g/mol. The Bertz CT molecular complexity index is 1580. The summed E-state index contributed by atoms with van der Waals surface area (Å²) in [6.07, 6.45) is 5.53. The molecule has 206 valence electrons. The molecule has 0 saturated carbocycles. The van der Waals surface area contributed by atoms with Gasteiger partial charge in [-0.25, -0.2) is 19.2 Å². The number of halogens is 1. The number of nitrogens with zero attached hydrogens (tertiary/aromatic N) is 7. The van der Waals surface area contributed by atoms with Gasteiger partial charge in [0, 0.05) is 37.1 Å². The van der Waals surface area contributed by atoms with Crippen molar-refractivity contribution < 1.29 is 18.7 Å². The summed E-state index contributed by atoms with van der Waals surface area (Å²) in [5.41, 5.74) is 1.22. The Morgan fingerprint density at radius 1 is 1.15 bits per heavy atom. The summed E-state index contributed by atoms with van der Waals surface area (Å²) in [7, 11) is 0. The third kappa shape index (κ3) is 5.40. The zero-order valence-electron chi connectivity index (χ0n) is 22.6. The van der Waals surface area contributed by atoms with Crippen LogP contribution >= 0.6 is 0 Å². The van der Waals surface area contributed by atoms with E-state index < -0.39 is 29.5 Å². The van der Waals surface area contributed by atoms with Gasteiger partial charge in [-0.15, -0.1) is 5.10 Å². The molecule has 0 radical (unpaired) electrons. The Labute approximate surface area is 231 Å². The number of anilines is 1. The van der Waals surface area contributed by atoms with Crippen LogP contribution in [0.15, 0.2) is 61.4 Å². The maximum absolute atomic E-state index is 15.7. The number of ether oxygens (including phenoxy) is 1. The predicted octanol–water partition coefficient (Wildman–Crippen LogP) is 5.04. The molecule has 1 aliphatic heterocycles. The van der Waals surface area contributed by atoms with Gasteiger partial charge in [-0.1, -0.05) is 17.9 Å². The van der Waals surface area contributed by atoms with Crippen LogP contribution in [0.4, 0.5) is 15.0 Å². The second kappa shape index (κ2) is 10.8. The molecule has 1 fully saturated rings. The van der Waals surface area contributed by atoms with Gasteiger partial charge in [-0.2, -0.15) is 4.68 Å². The fourth-order valence-corrected chi connectivity index (χ4v) is 4.74. The van der Waals surface area contributed by atoms with E-state index in [0.717, 1.165) is 0 Å². The van der Waals surface area contributed by atoms with E-state index in [2.05, 4.69) is 26.9 Å². The molecule has 1 atom stereocenters. The third-order valence-corrected chi connectivity index (χ3v) is 6.53. The highest BCUT2D eigenvalue weighted by atomic mass is 19.1. The van der Waals surface area contributed by atoms with E-state index in [9.17, 15) is 9.59 Å². The molecule has 1 saturated heterocycles. The Hall–Kier alpha value is -4.67. The van der Waals surface area contributed by atoms with E-state index in [4.69, 9.17) is 4.74 Å². The van der Waals surface area contributed by atoms with Crippen molar-refractivity contribution in [2.45, 2.75) is 45.3 Å². The molecule has 10 nitrogen and oxygen atoms in total. The number of aromatic nitrogens is 5. The van der Waals surface area contributed by atoms with Crippen LogP contribution in [-0.2, 0) is 4.74 Å². The Morgan fingerprint density at radius 2 is 1.93 bits per heavy atom. The lowest BCUT2D eigenvalue weighted by Gasteiger charge is -2.39. The number of piperidine rings is 1. The van der Waals surface area contributed by atoms with Crippen molar-refractivity contribution in [1.82, 2.24) is 29.9 Å². The fourth-order valence-electron chi connectivity index (χ4n) is 4.74. The van der Waals surface area contributed by atoms with Crippen LogP contribution in [0.25, 0.3) is 22.9 Å². The van der Waals surface area contributed by atoms with E-state index >= 15 is 4.39 Å². The second-order valence-corrected chi connectivity index (χ2v) is 10.5. The number of amides is 2. The molecule has 11 heteroatoms. The summed E-state index contributed by atoms with van der Waals surface area (Å²) in [5.74, 6) is -0.972. The Kier molecular flexibility index (Phi) is 7.29. The zero-order chi connectivity index (χ0) is 28.4. The van der Waals surface area contributed by atoms with Crippen LogP contribution in [0.3, 0.4) is 0 Å². The van der Waals surface area contributed by atoms with Crippen LogP contribution in [0.1, 0.15) is 49.5 Å². The van der Waals surface area contributed by atoms with Crippen molar-refractivity contribution in [1.29, 1.82) is 0 Å². The summed E-state index contributed by atoms with van der Waals surface area (Å²) in [5, 5.41) is 8.15. The lowest BCUT2D eigenvalue weighted by molar-refractivity contribution is 0.0195. The van der Waals surface area contributed by atoms with E-state index in [1.165, 1.54) is 21.7 Å². The van der Waals surface area contributed by atoms with Gasteiger partial charge >= 0.3 is 6.09 Å². The number of hydrogen-bond donors (Lipinski definition) is 0. The van der Waals surface area contributed by atoms with Gasteiger partial charge in [0.2, 0.25) is 0 Å². The standard InChI is InChI=1S/C29H30FN7O3/c1-5-19-9-6-14-31-25(19)36(21-10-8-16-35(18-21)28(39)40-29(2,3)4)27(38)22-13-12-20(17-23(22)30)37-26-24(33-34-37)11-7-15-32-26/h5-7,9,11-15,17,21H,1,8,10,16,18H2,2-4H3/t21-/m1/s1. The molecule has 1 aromatic carbocycles. The minimum absolute atomic E-state index is 0.142. The molecular formula is C29H30FN7O3. The van der Waals surface area contributed by atoms with Gasteiger partial charge in [0.15, 0.2) is 5.65 Å². The van der Waals surface area contributed by atoms with Crippen LogP contribution in [0.2, 0.25) is 0 Å². The van der Waals surface area contributed by atoms with E-state index in [1.807, 2.05) is 0 Å². The normalized spacial score (nSPS) is 15.6. The van der Waals surface area contributed by atoms with Crippen molar-refractivity contribution in [2.24, 2.45) is 0 Å². The molecule has 1 aliphatic rings. The number of carbonyl (C=O) groups excluding carboxylic acids is 2. The number of rotatable bonds is 5. The first-order valence-corrected chi connectivity index (χ1v) is 13.0. The molecule has 0 bridgehead atoms. The van der Waals surface area contributed by atoms with Gasteiger partial charge in [0.05, 0.1) is 17.3 Å². The highest BCUT2D eigenvalue weighted by Crippen LogP contribution is 2.29. The minimum Gasteiger partial charge on any atom is -0.444 e. The van der Waals surface area contributed by atoms with Crippen molar-refractivity contribution in [3.05, 3.63) is 78.4 Å². The number of likely N-dealkylation sites (tertiary alicyclic amines) is 1. The molecule has 4 heterocycles. The monoisotopic (exact) mass is 543 g/mol. The zero-order valence-corrected chi connectivity index (χ0v) is 22.6. The van der Waals surface area contributed by atoms with E-state index in [0.29, 0.717) is 47.6 Å². The molecule has 0 aliphatic carbocycles. The van der Waals surface area contributed by atoms with Crippen molar-refractivity contribution >= 4 is 35.1 Å². The Balaban J connectivity index is 1.51. The van der Waals surface area contributed by atoms with Crippen LogP contribution < -0.4 is 4.90 Å². The van der Waals surface area contributed by atoms with Gasteiger partial charge in [0.25, 0.3) is 5.91 Å². The largest absolute Gasteiger partial charge is 0.444 e. The quantitative estimate of drug-likeness (QED) is 0.347. The number of carbonyl (C=O) groups is 2. The molecule has 5 rings (SSSR count). The Morgan fingerprint density at radius 3 is 2.67 bits per heavy atom. The molecule has 2 amide bonds. The predicted molar refractivity (Wildman–Crippen MR) is 149 cm³/mol. The second-order valence-electron chi connectivity index (χ2n) is 10.5. The van der Waals surface area contributed by atoms with Gasteiger partial charge in [0.1, 0.15) is 22.8 Å². The first kappa shape index (κ1) is 26.9. The average Bonchev–Trinajstić information content (AvgIpc) is 3.37. The van der Waals surface area contributed by atoms with E-state index in [-0.39, 0.29) is 12.1 Å². The summed E-state index contributed by atoms with van der Waals surface area (Å²) in [4.78, 5) is 38.7. The summed E-state index contributed by atoms with van der Waals surface area (Å²) in [6.45, 7) is 9.97. The lowest BCUT2D eigenvalue weighted by atomic mass is 10.0. The number of benzene rings is 1. The topological polar surface area (TPSA) is 106 Å². The molecule has 0 spiro atoms. The molecule has 3 aromatic heterocycles. The van der Waals surface area contributed by atoms with Crippen LogP contribution in [-0.4, -0.2) is 66.6 Å². The number of fused-ring (bicyclic) bond motifs is 1. The smallest absolute Gasteiger partial charge is 0.410 e. The van der Waals surface area contributed by atoms with E-state index in [1.54, 1.807) is 74.5 Å². The molecule has 0 unspecified atom stereocenters. The fraction of sp³-hybridized carbons (Fsp3) is 0.310. The highest BCUT2D eigenvalue weighted by Gasteiger charge is 2.36. The molecular weight excluding hydrogens is 513 g/mol. The van der Waals surface area contributed by atoms with Gasteiger partial charge < -0.3 is 9.64 Å². The summed E-state index contributed by atoms with van der Waals surface area (Å²) >= 11 is 0. The van der Waals surface area contributed by atoms with Crippen molar-refractivity contribution in [3.63, 3.8) is 0 Å². The van der Waals surface area contributed by atoms with Gasteiger partial charge in [-0.05, 0) is 70.0 Å². The van der Waals surface area contributed by atoms with Gasteiger partial charge in [-0.3, -0.25) is 9.69 Å². The van der Waals surface area contributed by atoms with Crippen LogP contribution in [0, 0.1) is 5.82 Å². The maximum atomic E-state index is 15.7. The first-order valence-electron chi connectivity index (χ1n) is 13.0. The number of hydrogen-bond acceptors (Lipinski definition) is 7. The SMILES string of the molecule is C=Cc1cccnc1N(C(=O)c1ccc(-n2nnc3cccnc32)cc1F)[C@@H]1CCCN(C(=O)OC(C)(C)C)C1. The molecule has 0 N–H and O–H groups in total. The first-order chi connectivity index (χ1) is 19.2. The summed E-state index contributed by atoms with van der Waals surface area (Å²) in [6, 6.07) is 10.8. The van der Waals surface area contributed by atoms with Crippen molar-refractivity contribution in [2.75, 3.05) is 18.0 Å². The molecule has 40 heavy (non-hydrogen) atoms. The third-order valence-electron chi connectivity index (χ3n) is 6.53. The highest BCUT2D eigenvalue weighted by molar-refractivity contribution is 6.07. The maximum Gasteiger partial charge on any atom is 0.410 e. The lowest BCUT2D eigenvalue weighted by Crippen LogP contribution is -2.53.